The molecule has 2 aromatic rings. The quantitative estimate of drug-likeness (QED) is 0.549. The number of carbonyl (C=O) groups is 1. The maximum absolute atomic E-state index is 12.4. The summed E-state index contributed by atoms with van der Waals surface area (Å²) in [5.74, 6) is 0.617. The summed E-state index contributed by atoms with van der Waals surface area (Å²) in [6.07, 6.45) is 2.01. The Bertz CT molecular complexity index is 827. The molecule has 2 aliphatic rings. The molecular formula is C23H26BrNO4S. The third-order valence-electron chi connectivity index (χ3n) is 5.59. The van der Waals surface area contributed by atoms with Crippen LogP contribution in [0.4, 0.5) is 4.79 Å². The highest BCUT2D eigenvalue weighted by Gasteiger charge is 2.45. The van der Waals surface area contributed by atoms with Crippen molar-refractivity contribution in [2.75, 3.05) is 19.0 Å². The van der Waals surface area contributed by atoms with Crippen molar-refractivity contribution in [3.05, 3.63) is 64.6 Å². The van der Waals surface area contributed by atoms with Gasteiger partial charge in [0.25, 0.3) is 0 Å². The van der Waals surface area contributed by atoms with E-state index in [4.69, 9.17) is 14.2 Å². The number of hydrogen-bond donors (Lipinski definition) is 1. The Balaban J connectivity index is 1.36. The van der Waals surface area contributed by atoms with Crippen LogP contribution >= 0.6 is 27.7 Å². The van der Waals surface area contributed by atoms with E-state index in [2.05, 4.69) is 33.4 Å². The Morgan fingerprint density at radius 1 is 1.13 bits per heavy atom. The van der Waals surface area contributed by atoms with Crippen LogP contribution in [0.5, 0.6) is 0 Å². The highest BCUT2D eigenvalue weighted by Crippen LogP contribution is 2.41. The number of nitrogens with one attached hydrogen (secondary N) is 1. The average molecular weight is 492 g/mol. The third-order valence-corrected chi connectivity index (χ3v) is 7.31. The topological polar surface area (TPSA) is 56.8 Å². The van der Waals surface area contributed by atoms with Crippen LogP contribution in [-0.2, 0) is 20.8 Å². The first kappa shape index (κ1) is 21.7. The molecule has 4 rings (SSSR count). The summed E-state index contributed by atoms with van der Waals surface area (Å²) >= 11 is 5.27. The van der Waals surface area contributed by atoms with E-state index in [1.165, 1.54) is 4.90 Å². The van der Waals surface area contributed by atoms with Crippen molar-refractivity contribution in [2.24, 2.45) is 5.92 Å². The summed E-state index contributed by atoms with van der Waals surface area (Å²) in [7, 11) is 0. The maximum atomic E-state index is 12.4. The van der Waals surface area contributed by atoms with E-state index in [0.29, 0.717) is 13.2 Å². The molecule has 2 aromatic carbocycles. The van der Waals surface area contributed by atoms with Crippen LogP contribution in [0.1, 0.15) is 24.8 Å². The van der Waals surface area contributed by atoms with Crippen LogP contribution in [0.2, 0.25) is 0 Å². The summed E-state index contributed by atoms with van der Waals surface area (Å²) in [4.78, 5) is 13.7. The number of carbonyl (C=O) groups excluding carboxylic acids is 1. The zero-order valence-electron chi connectivity index (χ0n) is 16.7. The average Bonchev–Trinajstić information content (AvgIpc) is 3.22. The van der Waals surface area contributed by atoms with Gasteiger partial charge in [-0.1, -0.05) is 46.3 Å². The molecule has 2 atom stereocenters. The number of alkyl carbamates (subject to hydrolysis) is 1. The lowest BCUT2D eigenvalue weighted by atomic mass is 9.81. The molecule has 0 bridgehead atoms. The van der Waals surface area contributed by atoms with E-state index in [0.717, 1.165) is 35.1 Å². The van der Waals surface area contributed by atoms with Crippen molar-refractivity contribution >= 4 is 33.8 Å². The summed E-state index contributed by atoms with van der Waals surface area (Å²) in [6, 6.07) is 18.1. The summed E-state index contributed by atoms with van der Waals surface area (Å²) in [5, 5.41) is 3.10. The Morgan fingerprint density at radius 3 is 2.60 bits per heavy atom. The number of hydrogen-bond acceptors (Lipinski definition) is 5. The summed E-state index contributed by atoms with van der Waals surface area (Å²) in [5.41, 5.74) is 0.977. The van der Waals surface area contributed by atoms with Gasteiger partial charge in [-0.3, -0.25) is 0 Å². The van der Waals surface area contributed by atoms with E-state index in [-0.39, 0.29) is 24.7 Å². The lowest BCUT2D eigenvalue weighted by molar-refractivity contribution is -0.188. The van der Waals surface area contributed by atoms with Gasteiger partial charge in [-0.25, -0.2) is 4.79 Å². The zero-order chi connectivity index (χ0) is 20.8. The number of benzene rings is 2. The first-order valence-electron chi connectivity index (χ1n) is 10.3. The van der Waals surface area contributed by atoms with Crippen LogP contribution in [0.3, 0.4) is 0 Å². The Kier molecular flexibility index (Phi) is 7.36. The maximum Gasteiger partial charge on any atom is 0.407 e. The van der Waals surface area contributed by atoms with Gasteiger partial charge in [0, 0.05) is 34.0 Å². The molecule has 1 spiro atoms. The van der Waals surface area contributed by atoms with Crippen molar-refractivity contribution in [2.45, 2.75) is 42.6 Å². The van der Waals surface area contributed by atoms with E-state index in [9.17, 15) is 4.79 Å². The molecule has 0 aromatic heterocycles. The molecule has 2 fully saturated rings. The van der Waals surface area contributed by atoms with Gasteiger partial charge in [0.05, 0.1) is 13.2 Å². The minimum atomic E-state index is -0.489. The van der Waals surface area contributed by atoms with Gasteiger partial charge in [-0.2, -0.15) is 0 Å². The van der Waals surface area contributed by atoms with Gasteiger partial charge >= 0.3 is 6.09 Å². The number of thioether (sulfide) groups is 1. The fraction of sp³-hybridized carbons (Fsp3) is 0.435. The molecule has 1 amide bonds. The second-order valence-corrected chi connectivity index (χ2v) is 9.70. The normalized spacial score (nSPS) is 22.7. The van der Waals surface area contributed by atoms with Crippen molar-refractivity contribution < 1.29 is 19.0 Å². The van der Waals surface area contributed by atoms with Gasteiger partial charge in [-0.05, 0) is 42.2 Å². The van der Waals surface area contributed by atoms with E-state index >= 15 is 0 Å². The van der Waals surface area contributed by atoms with Gasteiger partial charge < -0.3 is 19.5 Å². The standard InChI is InChI=1S/C23H26BrNO4S/c24-19-6-8-20(9-7-19)30-16-18-14-23(28-12-13-29-23)11-10-21(18)25-22(26)27-15-17-4-2-1-3-5-17/h1-9,18,21H,10-16H2,(H,25,26)/t18-,21+/m1/s1. The lowest BCUT2D eigenvalue weighted by Gasteiger charge is -2.41. The molecule has 1 saturated heterocycles. The van der Waals surface area contributed by atoms with Crippen LogP contribution in [0.25, 0.3) is 0 Å². The SMILES string of the molecule is O=C(N[C@H]1CCC2(C[C@@H]1CSc1ccc(Br)cc1)OCCO2)OCc1ccccc1. The number of amides is 1. The Labute approximate surface area is 190 Å². The molecule has 0 unspecified atom stereocenters. The first-order valence-corrected chi connectivity index (χ1v) is 12.0. The van der Waals surface area contributed by atoms with Crippen LogP contribution in [0.15, 0.2) is 64.0 Å². The molecule has 0 radical (unpaired) electrons. The molecule has 1 aliphatic heterocycles. The van der Waals surface area contributed by atoms with Crippen LogP contribution < -0.4 is 5.32 Å². The second-order valence-electron chi connectivity index (χ2n) is 7.69. The largest absolute Gasteiger partial charge is 0.445 e. The smallest absolute Gasteiger partial charge is 0.407 e. The van der Waals surface area contributed by atoms with Gasteiger partial charge in [0.15, 0.2) is 5.79 Å². The number of halogens is 1. The molecule has 5 nitrogen and oxygen atoms in total. The minimum Gasteiger partial charge on any atom is -0.445 e. The molecule has 30 heavy (non-hydrogen) atoms. The molecule has 1 saturated carbocycles. The van der Waals surface area contributed by atoms with Crippen molar-refractivity contribution in [1.82, 2.24) is 5.32 Å². The summed E-state index contributed by atoms with van der Waals surface area (Å²) in [6.45, 7) is 1.56. The second kappa shape index (κ2) is 10.2. The first-order chi connectivity index (χ1) is 14.6. The fourth-order valence-corrected chi connectivity index (χ4v) is 5.38. The predicted octanol–water partition coefficient (Wildman–Crippen LogP) is 5.38. The van der Waals surface area contributed by atoms with Gasteiger partial charge in [-0.15, -0.1) is 11.8 Å². The van der Waals surface area contributed by atoms with Crippen molar-refractivity contribution in [3.63, 3.8) is 0 Å². The van der Waals surface area contributed by atoms with E-state index in [1.807, 2.05) is 42.5 Å². The molecule has 1 N–H and O–H groups in total. The molecule has 1 aliphatic carbocycles. The Hall–Kier alpha value is -1.54. The van der Waals surface area contributed by atoms with Gasteiger partial charge in [0.2, 0.25) is 0 Å². The lowest BCUT2D eigenvalue weighted by Crippen LogP contribution is -2.50. The van der Waals surface area contributed by atoms with Crippen LogP contribution in [0, 0.1) is 5.92 Å². The highest BCUT2D eigenvalue weighted by atomic mass is 79.9. The molecule has 7 heteroatoms. The number of ether oxygens (including phenoxy) is 3. The molecular weight excluding hydrogens is 466 g/mol. The fourth-order valence-electron chi connectivity index (χ4n) is 4.03. The van der Waals surface area contributed by atoms with E-state index < -0.39 is 5.79 Å². The van der Waals surface area contributed by atoms with Crippen molar-refractivity contribution in [1.29, 1.82) is 0 Å². The van der Waals surface area contributed by atoms with E-state index in [1.54, 1.807) is 11.8 Å². The van der Waals surface area contributed by atoms with Gasteiger partial charge in [0.1, 0.15) is 6.61 Å². The number of rotatable bonds is 6. The summed E-state index contributed by atoms with van der Waals surface area (Å²) < 4.78 is 18.4. The molecule has 160 valence electrons. The monoisotopic (exact) mass is 491 g/mol. The minimum absolute atomic E-state index is 0.0367. The third kappa shape index (κ3) is 5.78. The Morgan fingerprint density at radius 2 is 1.87 bits per heavy atom. The molecule has 1 heterocycles. The van der Waals surface area contributed by atoms with Crippen LogP contribution in [-0.4, -0.2) is 36.9 Å². The predicted molar refractivity (Wildman–Crippen MR) is 120 cm³/mol. The van der Waals surface area contributed by atoms with Crippen molar-refractivity contribution in [3.8, 4) is 0 Å². The highest BCUT2D eigenvalue weighted by molar-refractivity contribution is 9.10. The zero-order valence-corrected chi connectivity index (χ0v) is 19.1.